The number of amides is 2. The van der Waals surface area contributed by atoms with Crippen LogP contribution in [0.5, 0.6) is 5.75 Å². The third-order valence-corrected chi connectivity index (χ3v) is 8.54. The standard InChI is InChI=1S/C30H36ClN3O5S/c1-4-19-32-30(36)27(5-2)33(20-18-23-12-8-6-9-13-23)29(35)22-34(24-16-17-28(39-3)26(31)21-24)40(37,38)25-14-10-7-11-15-25/h6-17,21,27H,4-5,18-20,22H2,1-3H3,(H,32,36). The van der Waals surface area contributed by atoms with Crippen molar-refractivity contribution in [1.29, 1.82) is 0 Å². The number of anilines is 1. The molecule has 0 aromatic heterocycles. The molecule has 0 aliphatic carbocycles. The topological polar surface area (TPSA) is 96.0 Å². The number of nitrogens with one attached hydrogen (secondary N) is 1. The first-order chi connectivity index (χ1) is 19.2. The molecule has 0 heterocycles. The van der Waals surface area contributed by atoms with Crippen LogP contribution in [0.25, 0.3) is 0 Å². The summed E-state index contributed by atoms with van der Waals surface area (Å²) in [5.41, 5.74) is 1.20. The van der Waals surface area contributed by atoms with Crippen molar-refractivity contribution in [2.75, 3.05) is 31.0 Å². The van der Waals surface area contributed by atoms with Gasteiger partial charge in [0.2, 0.25) is 11.8 Å². The van der Waals surface area contributed by atoms with Gasteiger partial charge in [0.05, 0.1) is 22.7 Å². The summed E-state index contributed by atoms with van der Waals surface area (Å²) in [6.45, 7) is 3.98. The Bertz CT molecular complexity index is 1370. The number of carbonyl (C=O) groups excluding carboxylic acids is 2. The Morgan fingerprint density at radius 2 is 1.62 bits per heavy atom. The predicted octanol–water partition coefficient (Wildman–Crippen LogP) is 4.92. The van der Waals surface area contributed by atoms with Gasteiger partial charge in [-0.2, -0.15) is 0 Å². The molecule has 0 spiro atoms. The van der Waals surface area contributed by atoms with E-state index in [9.17, 15) is 18.0 Å². The van der Waals surface area contributed by atoms with Crippen LogP contribution in [0.3, 0.4) is 0 Å². The lowest BCUT2D eigenvalue weighted by Crippen LogP contribution is -2.53. The third-order valence-electron chi connectivity index (χ3n) is 6.45. The number of hydrogen-bond donors (Lipinski definition) is 1. The molecule has 0 aliphatic heterocycles. The summed E-state index contributed by atoms with van der Waals surface area (Å²) in [4.78, 5) is 28.6. The predicted molar refractivity (Wildman–Crippen MR) is 158 cm³/mol. The Morgan fingerprint density at radius 3 is 2.20 bits per heavy atom. The maximum atomic E-state index is 14.0. The average molecular weight is 586 g/mol. The second-order valence-electron chi connectivity index (χ2n) is 9.18. The van der Waals surface area contributed by atoms with Crippen LogP contribution in [0.1, 0.15) is 32.3 Å². The van der Waals surface area contributed by atoms with Crippen molar-refractivity contribution in [3.05, 3.63) is 89.4 Å². The molecule has 10 heteroatoms. The molecule has 3 aromatic rings. The van der Waals surface area contributed by atoms with Gasteiger partial charge in [-0.1, -0.05) is 74.0 Å². The number of sulfonamides is 1. The van der Waals surface area contributed by atoms with Crippen molar-refractivity contribution in [2.24, 2.45) is 0 Å². The van der Waals surface area contributed by atoms with E-state index in [2.05, 4.69) is 5.32 Å². The lowest BCUT2D eigenvalue weighted by atomic mass is 10.1. The second-order valence-corrected chi connectivity index (χ2v) is 11.5. The first-order valence-corrected chi connectivity index (χ1v) is 15.1. The number of benzene rings is 3. The van der Waals surface area contributed by atoms with E-state index in [1.165, 1.54) is 36.3 Å². The van der Waals surface area contributed by atoms with Crippen molar-refractivity contribution in [3.63, 3.8) is 0 Å². The van der Waals surface area contributed by atoms with E-state index in [4.69, 9.17) is 16.3 Å². The fraction of sp³-hybridized carbons (Fsp3) is 0.333. The normalized spacial score (nSPS) is 11.9. The second kappa shape index (κ2) is 14.7. The van der Waals surface area contributed by atoms with Gasteiger partial charge in [0.15, 0.2) is 0 Å². The van der Waals surface area contributed by atoms with Gasteiger partial charge >= 0.3 is 0 Å². The van der Waals surface area contributed by atoms with E-state index >= 15 is 0 Å². The number of ether oxygens (including phenoxy) is 1. The minimum atomic E-state index is -4.17. The summed E-state index contributed by atoms with van der Waals surface area (Å²) in [5, 5.41) is 3.08. The largest absolute Gasteiger partial charge is 0.495 e. The molecule has 8 nitrogen and oxygen atoms in total. The molecule has 1 atom stereocenters. The average Bonchev–Trinajstić information content (AvgIpc) is 2.97. The first kappa shape index (κ1) is 31.0. The van der Waals surface area contributed by atoms with Crippen molar-refractivity contribution in [3.8, 4) is 5.75 Å². The molecule has 0 radical (unpaired) electrons. The molecule has 1 unspecified atom stereocenters. The zero-order chi connectivity index (χ0) is 29.1. The molecule has 0 saturated carbocycles. The summed E-state index contributed by atoms with van der Waals surface area (Å²) in [6, 6.07) is 21.3. The van der Waals surface area contributed by atoms with Gasteiger partial charge in [-0.15, -0.1) is 0 Å². The first-order valence-electron chi connectivity index (χ1n) is 13.2. The monoisotopic (exact) mass is 585 g/mol. The smallest absolute Gasteiger partial charge is 0.264 e. The summed E-state index contributed by atoms with van der Waals surface area (Å²) >= 11 is 6.35. The van der Waals surface area contributed by atoms with Gasteiger partial charge in [0, 0.05) is 13.1 Å². The molecule has 3 rings (SSSR count). The summed E-state index contributed by atoms with van der Waals surface area (Å²) < 4.78 is 34.0. The zero-order valence-electron chi connectivity index (χ0n) is 23.0. The maximum Gasteiger partial charge on any atom is 0.264 e. The maximum absolute atomic E-state index is 14.0. The number of carbonyl (C=O) groups is 2. The molecular formula is C30H36ClN3O5S. The van der Waals surface area contributed by atoms with E-state index in [0.29, 0.717) is 25.1 Å². The van der Waals surface area contributed by atoms with Gasteiger partial charge in [-0.3, -0.25) is 13.9 Å². The van der Waals surface area contributed by atoms with Gasteiger partial charge in [0.25, 0.3) is 10.0 Å². The van der Waals surface area contributed by atoms with E-state index < -0.39 is 28.5 Å². The van der Waals surface area contributed by atoms with Crippen LogP contribution in [-0.4, -0.2) is 57.9 Å². The van der Waals surface area contributed by atoms with Crippen molar-refractivity contribution >= 4 is 39.1 Å². The molecule has 0 fully saturated rings. The molecule has 0 bridgehead atoms. The van der Waals surface area contributed by atoms with Crippen LogP contribution in [0, 0.1) is 0 Å². The number of halogens is 1. The molecular weight excluding hydrogens is 550 g/mol. The summed E-state index contributed by atoms with van der Waals surface area (Å²) in [5.74, 6) is -0.395. The van der Waals surface area contributed by atoms with Gasteiger partial charge in [-0.05, 0) is 55.2 Å². The van der Waals surface area contributed by atoms with E-state index in [-0.39, 0.29) is 28.1 Å². The number of hydrogen-bond acceptors (Lipinski definition) is 5. The van der Waals surface area contributed by atoms with Crippen molar-refractivity contribution in [1.82, 2.24) is 10.2 Å². The van der Waals surface area contributed by atoms with Crippen LogP contribution in [0.4, 0.5) is 5.69 Å². The Labute approximate surface area is 241 Å². The SMILES string of the molecule is CCCNC(=O)C(CC)N(CCc1ccccc1)C(=O)CN(c1ccc(OC)c(Cl)c1)S(=O)(=O)c1ccccc1. The lowest BCUT2D eigenvalue weighted by molar-refractivity contribution is -0.139. The van der Waals surface area contributed by atoms with E-state index in [1.807, 2.05) is 44.2 Å². The van der Waals surface area contributed by atoms with Crippen molar-refractivity contribution in [2.45, 2.75) is 44.0 Å². The van der Waals surface area contributed by atoms with Crippen LogP contribution < -0.4 is 14.4 Å². The van der Waals surface area contributed by atoms with Gasteiger partial charge in [-0.25, -0.2) is 8.42 Å². The number of methoxy groups -OCH3 is 1. The summed E-state index contributed by atoms with van der Waals surface area (Å²) in [6.07, 6.45) is 1.63. The fourth-order valence-electron chi connectivity index (χ4n) is 4.32. The molecule has 0 saturated heterocycles. The highest BCUT2D eigenvalue weighted by atomic mass is 35.5. The van der Waals surface area contributed by atoms with Crippen molar-refractivity contribution < 1.29 is 22.7 Å². The highest BCUT2D eigenvalue weighted by Gasteiger charge is 2.33. The zero-order valence-corrected chi connectivity index (χ0v) is 24.6. The van der Waals surface area contributed by atoms with Gasteiger partial charge < -0.3 is 15.0 Å². The highest BCUT2D eigenvalue weighted by molar-refractivity contribution is 7.92. The third kappa shape index (κ3) is 7.76. The Morgan fingerprint density at radius 1 is 0.975 bits per heavy atom. The van der Waals surface area contributed by atoms with E-state index in [0.717, 1.165) is 16.3 Å². The fourth-order valence-corrected chi connectivity index (χ4v) is 6.00. The Hall–Kier alpha value is -3.56. The van der Waals surface area contributed by atoms with E-state index in [1.54, 1.807) is 24.3 Å². The Balaban J connectivity index is 2.02. The molecule has 0 aliphatic rings. The van der Waals surface area contributed by atoms with Crippen LogP contribution in [-0.2, 0) is 26.0 Å². The molecule has 214 valence electrons. The summed E-state index contributed by atoms with van der Waals surface area (Å²) in [7, 11) is -2.71. The van der Waals surface area contributed by atoms with Crippen LogP contribution in [0.15, 0.2) is 83.8 Å². The number of nitrogens with zero attached hydrogens (tertiary/aromatic N) is 2. The molecule has 40 heavy (non-hydrogen) atoms. The number of rotatable bonds is 14. The molecule has 2 amide bonds. The molecule has 1 N–H and O–H groups in total. The minimum Gasteiger partial charge on any atom is -0.495 e. The Kier molecular flexibility index (Phi) is 11.4. The van der Waals surface area contributed by atoms with Crippen LogP contribution >= 0.6 is 11.6 Å². The quantitative estimate of drug-likeness (QED) is 0.290. The molecule has 3 aromatic carbocycles. The van der Waals surface area contributed by atoms with Crippen LogP contribution in [0.2, 0.25) is 5.02 Å². The highest BCUT2D eigenvalue weighted by Crippen LogP contribution is 2.32. The van der Waals surface area contributed by atoms with Gasteiger partial charge in [0.1, 0.15) is 18.3 Å². The minimum absolute atomic E-state index is 0.0262. The lowest BCUT2D eigenvalue weighted by Gasteiger charge is -2.33.